The summed E-state index contributed by atoms with van der Waals surface area (Å²) in [4.78, 5) is 19.5. The Morgan fingerprint density at radius 1 is 1.19 bits per heavy atom. The third-order valence-electron chi connectivity index (χ3n) is 2.20. The summed E-state index contributed by atoms with van der Waals surface area (Å²) in [5, 5.41) is 0. The lowest BCUT2D eigenvalue weighted by Gasteiger charge is -2.06. The third kappa shape index (κ3) is 1.91. The highest BCUT2D eigenvalue weighted by atomic mass is 16.5. The molecule has 0 N–H and O–H groups in total. The van der Waals surface area contributed by atoms with Crippen LogP contribution in [0.15, 0.2) is 43.0 Å². The van der Waals surface area contributed by atoms with Gasteiger partial charge in [-0.25, -0.2) is 4.79 Å². The highest BCUT2D eigenvalue weighted by molar-refractivity contribution is 5.96. The molecule has 0 unspecified atom stereocenters. The van der Waals surface area contributed by atoms with Gasteiger partial charge in [0.1, 0.15) is 0 Å². The van der Waals surface area contributed by atoms with E-state index in [0.717, 1.165) is 11.1 Å². The molecule has 2 aromatic heterocycles. The smallest absolute Gasteiger partial charge is 0.340 e. The first-order chi connectivity index (χ1) is 7.83. The fraction of sp³-hybridized carbons (Fsp3) is 0.0833. The monoisotopic (exact) mass is 214 g/mol. The molecule has 2 aromatic rings. The fourth-order valence-electron chi connectivity index (χ4n) is 1.44. The maximum absolute atomic E-state index is 11.5. The van der Waals surface area contributed by atoms with Crippen LogP contribution < -0.4 is 0 Å². The van der Waals surface area contributed by atoms with Gasteiger partial charge in [-0.3, -0.25) is 9.97 Å². The van der Waals surface area contributed by atoms with Gasteiger partial charge in [-0.2, -0.15) is 0 Å². The van der Waals surface area contributed by atoms with E-state index in [2.05, 4.69) is 9.97 Å². The minimum absolute atomic E-state index is 0.396. The van der Waals surface area contributed by atoms with E-state index in [1.54, 1.807) is 24.7 Å². The zero-order valence-corrected chi connectivity index (χ0v) is 8.75. The van der Waals surface area contributed by atoms with Gasteiger partial charge in [0.15, 0.2) is 0 Å². The predicted molar refractivity (Wildman–Crippen MR) is 58.8 cm³/mol. The van der Waals surface area contributed by atoms with E-state index in [1.807, 2.05) is 12.1 Å². The van der Waals surface area contributed by atoms with Gasteiger partial charge >= 0.3 is 5.97 Å². The predicted octanol–water partition coefficient (Wildman–Crippen LogP) is 1.93. The van der Waals surface area contributed by atoms with E-state index in [9.17, 15) is 4.79 Å². The van der Waals surface area contributed by atoms with E-state index in [0.29, 0.717) is 5.56 Å². The lowest BCUT2D eigenvalue weighted by Crippen LogP contribution is -2.04. The number of hydrogen-bond donors (Lipinski definition) is 0. The topological polar surface area (TPSA) is 52.1 Å². The molecular weight excluding hydrogens is 204 g/mol. The second-order valence-corrected chi connectivity index (χ2v) is 3.15. The minimum atomic E-state index is -0.396. The molecule has 0 radical (unpaired) electrons. The van der Waals surface area contributed by atoms with E-state index < -0.39 is 5.97 Å². The molecule has 4 heteroatoms. The van der Waals surface area contributed by atoms with Gasteiger partial charge in [0, 0.05) is 35.9 Å². The summed E-state index contributed by atoms with van der Waals surface area (Å²) in [6.45, 7) is 0. The molecular formula is C12H10N2O2. The van der Waals surface area contributed by atoms with E-state index in [4.69, 9.17) is 4.74 Å². The molecule has 2 heterocycles. The van der Waals surface area contributed by atoms with Gasteiger partial charge in [-0.05, 0) is 12.1 Å². The Labute approximate surface area is 92.9 Å². The summed E-state index contributed by atoms with van der Waals surface area (Å²) in [6.07, 6.45) is 6.51. The van der Waals surface area contributed by atoms with Crippen molar-refractivity contribution in [3.8, 4) is 11.1 Å². The van der Waals surface area contributed by atoms with Gasteiger partial charge in [-0.1, -0.05) is 6.07 Å². The van der Waals surface area contributed by atoms with E-state index in [1.165, 1.54) is 13.3 Å². The number of esters is 1. The number of pyridine rings is 2. The lowest BCUT2D eigenvalue weighted by molar-refractivity contribution is 0.0601. The number of hydrogen-bond acceptors (Lipinski definition) is 4. The van der Waals surface area contributed by atoms with E-state index >= 15 is 0 Å². The molecule has 0 aliphatic rings. The van der Waals surface area contributed by atoms with E-state index in [-0.39, 0.29) is 0 Å². The number of aromatic nitrogens is 2. The summed E-state index contributed by atoms with van der Waals surface area (Å²) < 4.78 is 4.70. The number of rotatable bonds is 2. The molecule has 16 heavy (non-hydrogen) atoms. The fourth-order valence-corrected chi connectivity index (χ4v) is 1.44. The molecule has 0 spiro atoms. The third-order valence-corrected chi connectivity index (χ3v) is 2.20. The molecule has 0 aromatic carbocycles. The summed E-state index contributed by atoms with van der Waals surface area (Å²) in [7, 11) is 1.35. The molecule has 2 rings (SSSR count). The van der Waals surface area contributed by atoms with Gasteiger partial charge < -0.3 is 4.74 Å². The van der Waals surface area contributed by atoms with Crippen molar-refractivity contribution in [2.24, 2.45) is 0 Å². The Morgan fingerprint density at radius 2 is 2.00 bits per heavy atom. The summed E-state index contributed by atoms with van der Waals surface area (Å²) in [6, 6.07) is 5.47. The van der Waals surface area contributed by atoms with Crippen molar-refractivity contribution in [1.82, 2.24) is 9.97 Å². The van der Waals surface area contributed by atoms with Gasteiger partial charge in [0.25, 0.3) is 0 Å². The van der Waals surface area contributed by atoms with Crippen LogP contribution in [-0.4, -0.2) is 23.0 Å². The molecule has 4 nitrogen and oxygen atoms in total. The molecule has 0 aliphatic heterocycles. The number of carbonyl (C=O) groups is 1. The maximum atomic E-state index is 11.5. The first kappa shape index (κ1) is 10.3. The molecule has 0 saturated heterocycles. The van der Waals surface area contributed by atoms with Crippen molar-refractivity contribution in [2.75, 3.05) is 7.11 Å². The first-order valence-electron chi connectivity index (χ1n) is 4.75. The molecule has 80 valence electrons. The standard InChI is InChI=1S/C12H10N2O2/c1-16-12(15)11-8-14-6-4-10(11)9-3-2-5-13-7-9/h2-8H,1H3. The Morgan fingerprint density at radius 3 is 2.69 bits per heavy atom. The summed E-state index contributed by atoms with van der Waals surface area (Å²) in [5.74, 6) is -0.396. The average Bonchev–Trinajstić information content (AvgIpc) is 2.39. The largest absolute Gasteiger partial charge is 0.465 e. The van der Waals surface area contributed by atoms with Gasteiger partial charge in [0.2, 0.25) is 0 Å². The quantitative estimate of drug-likeness (QED) is 0.717. The first-order valence-corrected chi connectivity index (χ1v) is 4.75. The van der Waals surface area contributed by atoms with Crippen LogP contribution in [0.5, 0.6) is 0 Å². The highest BCUT2D eigenvalue weighted by Gasteiger charge is 2.12. The minimum Gasteiger partial charge on any atom is -0.465 e. The van der Waals surface area contributed by atoms with Crippen LogP contribution in [0.4, 0.5) is 0 Å². The van der Waals surface area contributed by atoms with Gasteiger partial charge in [-0.15, -0.1) is 0 Å². The maximum Gasteiger partial charge on any atom is 0.340 e. The van der Waals surface area contributed by atoms with Crippen molar-refractivity contribution in [1.29, 1.82) is 0 Å². The zero-order chi connectivity index (χ0) is 11.4. The normalized spacial score (nSPS) is 9.81. The Kier molecular flexibility index (Phi) is 2.91. The number of methoxy groups -OCH3 is 1. The summed E-state index contributed by atoms with van der Waals surface area (Å²) in [5.41, 5.74) is 2.08. The zero-order valence-electron chi connectivity index (χ0n) is 8.75. The second kappa shape index (κ2) is 4.53. The number of ether oxygens (including phenoxy) is 1. The molecule has 0 fully saturated rings. The highest BCUT2D eigenvalue weighted by Crippen LogP contribution is 2.22. The summed E-state index contributed by atoms with van der Waals surface area (Å²) >= 11 is 0. The van der Waals surface area contributed by atoms with Crippen molar-refractivity contribution < 1.29 is 9.53 Å². The van der Waals surface area contributed by atoms with Crippen LogP contribution in [0.1, 0.15) is 10.4 Å². The molecule has 0 bridgehead atoms. The van der Waals surface area contributed by atoms with Crippen LogP contribution in [0.2, 0.25) is 0 Å². The van der Waals surface area contributed by atoms with Crippen LogP contribution >= 0.6 is 0 Å². The number of carbonyl (C=O) groups excluding carboxylic acids is 1. The van der Waals surface area contributed by atoms with Crippen LogP contribution in [0.25, 0.3) is 11.1 Å². The lowest BCUT2D eigenvalue weighted by atomic mass is 10.0. The van der Waals surface area contributed by atoms with Crippen molar-refractivity contribution >= 4 is 5.97 Å². The molecule has 0 atom stereocenters. The van der Waals surface area contributed by atoms with Crippen LogP contribution in [0, 0.1) is 0 Å². The SMILES string of the molecule is COC(=O)c1cnccc1-c1cccnc1. The average molecular weight is 214 g/mol. The Bertz CT molecular complexity index is 497. The Balaban J connectivity index is 2.53. The van der Waals surface area contributed by atoms with Crippen molar-refractivity contribution in [3.05, 3.63) is 48.5 Å². The molecule has 0 saturated carbocycles. The van der Waals surface area contributed by atoms with Crippen LogP contribution in [-0.2, 0) is 4.74 Å². The number of nitrogens with zero attached hydrogens (tertiary/aromatic N) is 2. The van der Waals surface area contributed by atoms with Gasteiger partial charge in [0.05, 0.1) is 12.7 Å². The van der Waals surface area contributed by atoms with Crippen LogP contribution in [0.3, 0.4) is 0 Å². The van der Waals surface area contributed by atoms with Crippen molar-refractivity contribution in [3.63, 3.8) is 0 Å². The molecule has 0 amide bonds. The Hall–Kier alpha value is -2.23. The molecule has 0 aliphatic carbocycles. The second-order valence-electron chi connectivity index (χ2n) is 3.15. The van der Waals surface area contributed by atoms with Crippen molar-refractivity contribution in [2.45, 2.75) is 0 Å².